The summed E-state index contributed by atoms with van der Waals surface area (Å²) < 4.78 is 40.4. The molecule has 0 unspecified atom stereocenters. The fourth-order valence-corrected chi connectivity index (χ4v) is 2.17. The number of nitriles is 1. The minimum atomic E-state index is -4.71. The van der Waals surface area contributed by atoms with E-state index in [1.807, 2.05) is 0 Å². The summed E-state index contributed by atoms with van der Waals surface area (Å²) in [6.45, 7) is 0. The number of hydrogen-bond donors (Lipinski definition) is 1. The van der Waals surface area contributed by atoms with Gasteiger partial charge in [0, 0.05) is 12.6 Å². The number of aromatic hydroxyl groups is 1. The van der Waals surface area contributed by atoms with Crippen LogP contribution in [0.15, 0.2) is 24.5 Å². The summed E-state index contributed by atoms with van der Waals surface area (Å²) in [5.74, 6) is -1.06. The molecule has 0 saturated carbocycles. The molecule has 3 aromatic rings. The molecule has 0 saturated heterocycles. The van der Waals surface area contributed by atoms with Gasteiger partial charge in [-0.05, 0) is 18.2 Å². The molecule has 3 rings (SSSR count). The van der Waals surface area contributed by atoms with E-state index in [0.29, 0.717) is 5.65 Å². The molecule has 1 aromatic carbocycles. The van der Waals surface area contributed by atoms with E-state index in [-0.39, 0.29) is 22.6 Å². The van der Waals surface area contributed by atoms with E-state index in [0.717, 1.165) is 12.1 Å². The Labute approximate surface area is 127 Å². The molecule has 0 spiro atoms. The van der Waals surface area contributed by atoms with Crippen LogP contribution in [0.2, 0.25) is 0 Å². The number of phenols is 1. The monoisotopic (exact) mass is 319 g/mol. The fourth-order valence-electron chi connectivity index (χ4n) is 2.17. The second kappa shape index (κ2) is 4.95. The number of imidazole rings is 1. The summed E-state index contributed by atoms with van der Waals surface area (Å²) >= 11 is 0. The van der Waals surface area contributed by atoms with Crippen LogP contribution in [0.5, 0.6) is 5.75 Å². The van der Waals surface area contributed by atoms with Crippen molar-refractivity contribution in [1.29, 1.82) is 5.26 Å². The second-order valence-electron chi connectivity index (χ2n) is 4.76. The Morgan fingerprint density at radius 1 is 1.26 bits per heavy atom. The molecule has 0 radical (unpaired) electrons. The maximum Gasteiger partial charge on any atom is 0.419 e. The van der Waals surface area contributed by atoms with Crippen molar-refractivity contribution >= 4 is 11.2 Å². The molecule has 0 aliphatic rings. The van der Waals surface area contributed by atoms with Crippen LogP contribution >= 0.6 is 0 Å². The van der Waals surface area contributed by atoms with Gasteiger partial charge in [-0.1, -0.05) is 0 Å². The second-order valence-corrected chi connectivity index (χ2v) is 4.76. The molecule has 2 aromatic heterocycles. The van der Waals surface area contributed by atoms with E-state index in [9.17, 15) is 18.3 Å². The van der Waals surface area contributed by atoms with E-state index in [4.69, 9.17) is 5.26 Å². The highest BCUT2D eigenvalue weighted by atomic mass is 19.4. The molecule has 6 nitrogen and oxygen atoms in total. The number of rotatable bonds is 1. The van der Waals surface area contributed by atoms with Crippen molar-refractivity contribution in [2.75, 3.05) is 0 Å². The van der Waals surface area contributed by atoms with Crippen molar-refractivity contribution in [2.45, 2.75) is 6.18 Å². The molecule has 9 heteroatoms. The molecule has 0 aliphatic heterocycles. The number of aromatic nitrogens is 4. The van der Waals surface area contributed by atoms with Gasteiger partial charge in [0.15, 0.2) is 5.65 Å². The molecule has 116 valence electrons. The number of alkyl halides is 3. The van der Waals surface area contributed by atoms with Crippen molar-refractivity contribution in [3.8, 4) is 23.1 Å². The summed E-state index contributed by atoms with van der Waals surface area (Å²) in [4.78, 5) is 12.0. The first-order valence-corrected chi connectivity index (χ1v) is 6.31. The van der Waals surface area contributed by atoms with Gasteiger partial charge in [0.05, 0.1) is 11.9 Å². The lowest BCUT2D eigenvalue weighted by atomic mass is 10.1. The van der Waals surface area contributed by atoms with Crippen molar-refractivity contribution in [2.24, 2.45) is 7.05 Å². The predicted octanol–water partition coefficient (Wildman–Crippen LogP) is 2.63. The third kappa shape index (κ3) is 2.44. The lowest BCUT2D eigenvalue weighted by Gasteiger charge is -2.11. The molecule has 0 aliphatic carbocycles. The van der Waals surface area contributed by atoms with E-state index in [1.165, 1.54) is 17.0 Å². The molecule has 0 bridgehead atoms. The quantitative estimate of drug-likeness (QED) is 0.745. The largest absolute Gasteiger partial charge is 0.507 e. The van der Waals surface area contributed by atoms with Gasteiger partial charge in [0.1, 0.15) is 23.0 Å². The smallest absolute Gasteiger partial charge is 0.419 e. The Bertz CT molecular complexity index is 955. The topological polar surface area (TPSA) is 87.6 Å². The Balaban J connectivity index is 2.31. The maximum absolute atomic E-state index is 12.9. The van der Waals surface area contributed by atoms with Crippen molar-refractivity contribution in [3.05, 3.63) is 35.9 Å². The Morgan fingerprint density at radius 2 is 2.00 bits per heavy atom. The van der Waals surface area contributed by atoms with Gasteiger partial charge < -0.3 is 9.67 Å². The first kappa shape index (κ1) is 14.8. The minimum Gasteiger partial charge on any atom is -0.507 e. The molecule has 2 heterocycles. The van der Waals surface area contributed by atoms with E-state index >= 15 is 0 Å². The average molecular weight is 319 g/mol. The van der Waals surface area contributed by atoms with Crippen LogP contribution in [0.3, 0.4) is 0 Å². The third-order valence-electron chi connectivity index (χ3n) is 3.24. The molecule has 23 heavy (non-hydrogen) atoms. The zero-order valence-corrected chi connectivity index (χ0v) is 11.6. The third-order valence-corrected chi connectivity index (χ3v) is 3.24. The number of benzene rings is 1. The zero-order valence-electron chi connectivity index (χ0n) is 11.6. The van der Waals surface area contributed by atoms with Crippen LogP contribution < -0.4 is 0 Å². The lowest BCUT2D eigenvalue weighted by Crippen LogP contribution is -2.06. The SMILES string of the molecule is Cn1cnc2c(-c3ccc(O)c(C(F)(F)F)c3)nc(C#N)nc21. The van der Waals surface area contributed by atoms with Gasteiger partial charge in [-0.2, -0.15) is 23.4 Å². The normalized spacial score (nSPS) is 11.6. The fraction of sp³-hybridized carbons (Fsp3) is 0.143. The van der Waals surface area contributed by atoms with Crippen LogP contribution in [-0.4, -0.2) is 24.6 Å². The standard InChI is InChI=1S/C14H8F3N5O/c1-22-6-19-12-11(20-10(5-18)21-13(12)22)7-2-3-9(23)8(4-7)14(15,16)17/h2-4,6,23H,1H3. The van der Waals surface area contributed by atoms with Crippen LogP contribution in [0, 0.1) is 11.3 Å². The Kier molecular flexibility index (Phi) is 3.18. The van der Waals surface area contributed by atoms with Gasteiger partial charge >= 0.3 is 6.18 Å². The number of hydrogen-bond acceptors (Lipinski definition) is 5. The van der Waals surface area contributed by atoms with Crippen molar-refractivity contribution in [1.82, 2.24) is 19.5 Å². The number of aryl methyl sites for hydroxylation is 1. The highest BCUT2D eigenvalue weighted by Crippen LogP contribution is 2.38. The van der Waals surface area contributed by atoms with E-state index < -0.39 is 17.5 Å². The molecule has 1 N–H and O–H groups in total. The predicted molar refractivity (Wildman–Crippen MR) is 73.1 cm³/mol. The van der Waals surface area contributed by atoms with E-state index in [2.05, 4.69) is 15.0 Å². The van der Waals surface area contributed by atoms with Gasteiger partial charge in [-0.3, -0.25) is 0 Å². The van der Waals surface area contributed by atoms with E-state index in [1.54, 1.807) is 13.1 Å². The number of halogens is 3. The number of fused-ring (bicyclic) bond motifs is 1. The highest BCUT2D eigenvalue weighted by Gasteiger charge is 2.34. The van der Waals surface area contributed by atoms with Gasteiger partial charge in [-0.25, -0.2) is 9.97 Å². The first-order valence-electron chi connectivity index (χ1n) is 6.31. The Hall–Kier alpha value is -3.15. The number of nitrogens with zero attached hydrogens (tertiary/aromatic N) is 5. The van der Waals surface area contributed by atoms with Gasteiger partial charge in [0.25, 0.3) is 0 Å². The summed E-state index contributed by atoms with van der Waals surface area (Å²) in [6.07, 6.45) is -3.29. The maximum atomic E-state index is 12.9. The zero-order chi connectivity index (χ0) is 16.8. The highest BCUT2D eigenvalue weighted by molar-refractivity contribution is 5.88. The van der Waals surface area contributed by atoms with Crippen LogP contribution in [0.25, 0.3) is 22.4 Å². The summed E-state index contributed by atoms with van der Waals surface area (Å²) in [6, 6.07) is 4.75. The molecular weight excluding hydrogens is 311 g/mol. The average Bonchev–Trinajstić information content (AvgIpc) is 2.87. The summed E-state index contributed by atoms with van der Waals surface area (Å²) in [5.41, 5.74) is -0.412. The van der Waals surface area contributed by atoms with Crippen LogP contribution in [0.1, 0.15) is 11.4 Å². The first-order chi connectivity index (χ1) is 10.8. The lowest BCUT2D eigenvalue weighted by molar-refractivity contribution is -0.138. The van der Waals surface area contributed by atoms with Crippen molar-refractivity contribution < 1.29 is 18.3 Å². The van der Waals surface area contributed by atoms with Gasteiger partial charge in [-0.15, -0.1) is 0 Å². The van der Waals surface area contributed by atoms with Gasteiger partial charge in [0.2, 0.25) is 5.82 Å². The summed E-state index contributed by atoms with van der Waals surface area (Å²) in [7, 11) is 1.64. The summed E-state index contributed by atoms with van der Waals surface area (Å²) in [5, 5.41) is 18.4. The number of phenolic OH excluding ortho intramolecular Hbond substituents is 1. The molecule has 0 amide bonds. The Morgan fingerprint density at radius 3 is 2.65 bits per heavy atom. The molecule has 0 atom stereocenters. The molecule has 0 fully saturated rings. The van der Waals surface area contributed by atoms with Crippen molar-refractivity contribution in [3.63, 3.8) is 0 Å². The van der Waals surface area contributed by atoms with Crippen LogP contribution in [0.4, 0.5) is 13.2 Å². The minimum absolute atomic E-state index is 0.0812. The van der Waals surface area contributed by atoms with Crippen LogP contribution in [-0.2, 0) is 13.2 Å². The molecular formula is C14H8F3N5O.